The highest BCUT2D eigenvalue weighted by Gasteiger charge is 2.31. The van der Waals surface area contributed by atoms with Crippen molar-refractivity contribution in [1.82, 2.24) is 4.31 Å². The Morgan fingerprint density at radius 2 is 1.64 bits per heavy atom. The summed E-state index contributed by atoms with van der Waals surface area (Å²) in [7, 11) is -3.82. The Hall–Kier alpha value is -2.43. The number of benzene rings is 2. The fraction of sp³-hybridized carbons (Fsp3) is 0.278. The van der Waals surface area contributed by atoms with Crippen molar-refractivity contribution in [1.29, 1.82) is 0 Å². The molecule has 1 amide bonds. The number of halogens is 3. The van der Waals surface area contributed by atoms with Crippen LogP contribution in [-0.4, -0.2) is 51.4 Å². The van der Waals surface area contributed by atoms with Crippen LogP contribution in [0.3, 0.4) is 0 Å². The van der Waals surface area contributed by atoms with Crippen LogP contribution >= 0.6 is 0 Å². The quantitative estimate of drug-likeness (QED) is 0.754. The standard InChI is InChI=1S/C18H18F3N3O3S/c19-13-3-1-4-14(11-13)28(26,27)24-9-7-23(8-10-24)12-17(25)22-18-15(20)5-2-6-16(18)21/h1-6,11H,7-10,12H2,(H,22,25)/p+1. The SMILES string of the molecule is O=C(C[NH+]1CCN(S(=O)(=O)c2cccc(F)c2)CC1)Nc1c(F)cccc1F. The number of hydrogen-bond acceptors (Lipinski definition) is 3. The molecule has 28 heavy (non-hydrogen) atoms. The zero-order valence-electron chi connectivity index (χ0n) is 14.8. The molecule has 1 aliphatic heterocycles. The van der Waals surface area contributed by atoms with Crippen LogP contribution in [0.5, 0.6) is 0 Å². The molecule has 3 rings (SSSR count). The number of anilines is 1. The molecule has 0 saturated carbocycles. The average molecular weight is 414 g/mol. The van der Waals surface area contributed by atoms with Crippen LogP contribution in [0.25, 0.3) is 0 Å². The number of carbonyl (C=O) groups excluding carboxylic acids is 1. The Balaban J connectivity index is 1.57. The predicted octanol–water partition coefficient (Wildman–Crippen LogP) is 0.632. The predicted molar refractivity (Wildman–Crippen MR) is 95.7 cm³/mol. The first kappa shape index (κ1) is 20.3. The lowest BCUT2D eigenvalue weighted by atomic mass is 10.3. The van der Waals surface area contributed by atoms with Crippen LogP contribution in [0.2, 0.25) is 0 Å². The minimum atomic E-state index is -3.82. The van der Waals surface area contributed by atoms with E-state index in [4.69, 9.17) is 0 Å². The summed E-state index contributed by atoms with van der Waals surface area (Å²) in [5, 5.41) is 2.22. The van der Waals surface area contributed by atoms with Crippen LogP contribution in [0.4, 0.5) is 18.9 Å². The molecule has 1 heterocycles. The van der Waals surface area contributed by atoms with E-state index in [1.165, 1.54) is 22.5 Å². The third kappa shape index (κ3) is 4.51. The number of nitrogens with zero attached hydrogens (tertiary/aromatic N) is 1. The molecule has 1 aliphatic rings. The number of hydrogen-bond donors (Lipinski definition) is 2. The monoisotopic (exact) mass is 414 g/mol. The number of quaternary nitrogens is 1. The van der Waals surface area contributed by atoms with Gasteiger partial charge >= 0.3 is 0 Å². The number of nitrogens with one attached hydrogen (secondary N) is 2. The molecule has 10 heteroatoms. The van der Waals surface area contributed by atoms with E-state index in [1.54, 1.807) is 0 Å². The summed E-state index contributed by atoms with van der Waals surface area (Å²) in [6.07, 6.45) is 0. The van der Waals surface area contributed by atoms with Gasteiger partial charge in [-0.3, -0.25) is 4.79 Å². The zero-order valence-corrected chi connectivity index (χ0v) is 15.6. The normalized spacial score (nSPS) is 16.1. The maximum absolute atomic E-state index is 13.6. The summed E-state index contributed by atoms with van der Waals surface area (Å²) in [6.45, 7) is 0.913. The fourth-order valence-corrected chi connectivity index (χ4v) is 4.50. The third-order valence-corrected chi connectivity index (χ3v) is 6.40. The van der Waals surface area contributed by atoms with Crippen molar-refractivity contribution >= 4 is 21.6 Å². The molecule has 0 radical (unpaired) electrons. The van der Waals surface area contributed by atoms with E-state index >= 15 is 0 Å². The average Bonchev–Trinajstić information content (AvgIpc) is 2.65. The Morgan fingerprint density at radius 3 is 2.25 bits per heavy atom. The number of amides is 1. The van der Waals surface area contributed by atoms with Crippen LogP contribution in [0, 0.1) is 17.5 Å². The molecule has 1 saturated heterocycles. The first-order valence-electron chi connectivity index (χ1n) is 8.60. The third-order valence-electron chi connectivity index (χ3n) is 4.50. The van der Waals surface area contributed by atoms with Gasteiger partial charge in [-0.2, -0.15) is 4.31 Å². The van der Waals surface area contributed by atoms with Crippen LogP contribution < -0.4 is 10.2 Å². The number of rotatable bonds is 5. The van der Waals surface area contributed by atoms with Crippen LogP contribution in [0.1, 0.15) is 0 Å². The maximum Gasteiger partial charge on any atom is 0.279 e. The number of carbonyl (C=O) groups is 1. The highest BCUT2D eigenvalue weighted by Crippen LogP contribution is 2.18. The summed E-state index contributed by atoms with van der Waals surface area (Å²) in [6, 6.07) is 8.07. The molecule has 0 aliphatic carbocycles. The summed E-state index contributed by atoms with van der Waals surface area (Å²) >= 11 is 0. The van der Waals surface area contributed by atoms with Crippen molar-refractivity contribution in [3.8, 4) is 0 Å². The Labute approximate surface area is 160 Å². The molecule has 2 N–H and O–H groups in total. The molecule has 6 nitrogen and oxygen atoms in total. The molecule has 0 unspecified atom stereocenters. The first-order chi connectivity index (χ1) is 13.3. The van der Waals surface area contributed by atoms with Gasteiger partial charge in [0.05, 0.1) is 31.1 Å². The summed E-state index contributed by atoms with van der Waals surface area (Å²) in [5.41, 5.74) is -0.501. The molecule has 0 aromatic heterocycles. The van der Waals surface area contributed by atoms with Crippen molar-refractivity contribution in [3.63, 3.8) is 0 Å². The van der Waals surface area contributed by atoms with E-state index in [9.17, 15) is 26.4 Å². The Kier molecular flexibility index (Phi) is 6.01. The summed E-state index contributed by atoms with van der Waals surface area (Å²) < 4.78 is 66.9. The number of sulfonamides is 1. The largest absolute Gasteiger partial charge is 0.325 e. The summed E-state index contributed by atoms with van der Waals surface area (Å²) in [4.78, 5) is 12.7. The van der Waals surface area contributed by atoms with Crippen molar-refractivity contribution < 1.29 is 31.3 Å². The highest BCUT2D eigenvalue weighted by atomic mass is 32.2. The minimum absolute atomic E-state index is 0.0539. The molecule has 2 aromatic rings. The molecular formula is C18H19F3N3O3S+. The topological polar surface area (TPSA) is 70.9 Å². The van der Waals surface area contributed by atoms with E-state index in [0.29, 0.717) is 13.1 Å². The second-order valence-corrected chi connectivity index (χ2v) is 8.37. The zero-order chi connectivity index (χ0) is 20.3. The molecular weight excluding hydrogens is 395 g/mol. The van der Waals surface area contributed by atoms with Gasteiger partial charge in [-0.15, -0.1) is 0 Å². The van der Waals surface area contributed by atoms with E-state index in [0.717, 1.165) is 29.2 Å². The number of piperazine rings is 1. The lowest BCUT2D eigenvalue weighted by Crippen LogP contribution is -3.15. The van der Waals surface area contributed by atoms with Crippen LogP contribution in [-0.2, 0) is 14.8 Å². The highest BCUT2D eigenvalue weighted by molar-refractivity contribution is 7.89. The Bertz CT molecular complexity index is 957. The molecule has 150 valence electrons. The molecule has 0 spiro atoms. The Morgan fingerprint density at radius 1 is 1.04 bits per heavy atom. The van der Waals surface area contributed by atoms with Crippen molar-refractivity contribution in [3.05, 3.63) is 59.9 Å². The van der Waals surface area contributed by atoms with Crippen molar-refractivity contribution in [2.45, 2.75) is 4.90 Å². The van der Waals surface area contributed by atoms with Crippen molar-refractivity contribution in [2.24, 2.45) is 0 Å². The van der Waals surface area contributed by atoms with Gasteiger partial charge in [0.15, 0.2) is 6.54 Å². The lowest BCUT2D eigenvalue weighted by molar-refractivity contribution is -0.895. The van der Waals surface area contributed by atoms with Gasteiger partial charge in [0.2, 0.25) is 10.0 Å². The van der Waals surface area contributed by atoms with E-state index in [1.807, 2.05) is 0 Å². The van der Waals surface area contributed by atoms with Crippen LogP contribution in [0.15, 0.2) is 47.4 Å². The second kappa shape index (κ2) is 8.29. The van der Waals surface area contributed by atoms with Gasteiger partial charge in [-0.25, -0.2) is 21.6 Å². The van der Waals surface area contributed by atoms with Gasteiger partial charge in [0.1, 0.15) is 23.1 Å². The van der Waals surface area contributed by atoms with E-state index in [-0.39, 0.29) is 24.5 Å². The number of para-hydroxylation sites is 1. The van der Waals surface area contributed by atoms with E-state index in [2.05, 4.69) is 5.32 Å². The molecule has 2 aromatic carbocycles. The maximum atomic E-state index is 13.6. The first-order valence-corrected chi connectivity index (χ1v) is 10.0. The van der Waals surface area contributed by atoms with Gasteiger partial charge in [0, 0.05) is 0 Å². The van der Waals surface area contributed by atoms with Gasteiger partial charge in [-0.1, -0.05) is 12.1 Å². The molecule has 0 atom stereocenters. The van der Waals surface area contributed by atoms with Crippen molar-refractivity contribution in [2.75, 3.05) is 38.0 Å². The van der Waals surface area contributed by atoms with Gasteiger partial charge in [-0.05, 0) is 30.3 Å². The van der Waals surface area contributed by atoms with E-state index < -0.39 is 39.1 Å². The minimum Gasteiger partial charge on any atom is -0.325 e. The second-order valence-electron chi connectivity index (χ2n) is 6.43. The molecule has 0 bridgehead atoms. The smallest absolute Gasteiger partial charge is 0.279 e. The molecule has 1 fully saturated rings. The van der Waals surface area contributed by atoms with Gasteiger partial charge < -0.3 is 10.2 Å². The lowest BCUT2D eigenvalue weighted by Gasteiger charge is -2.31. The van der Waals surface area contributed by atoms with Gasteiger partial charge in [0.25, 0.3) is 5.91 Å². The fourth-order valence-electron chi connectivity index (χ4n) is 3.02. The summed E-state index contributed by atoms with van der Waals surface area (Å²) in [5.74, 6) is -2.94.